The number of thioether (sulfide) groups is 1. The van der Waals surface area contributed by atoms with Crippen LogP contribution in [0.3, 0.4) is 0 Å². The first kappa shape index (κ1) is 16.9. The van der Waals surface area contributed by atoms with Crippen molar-refractivity contribution in [3.8, 4) is 0 Å². The van der Waals surface area contributed by atoms with Gasteiger partial charge in [-0.2, -0.15) is 11.8 Å². The smallest absolute Gasteiger partial charge is 0.224 e. The summed E-state index contributed by atoms with van der Waals surface area (Å²) in [6.07, 6.45) is 2.75. The van der Waals surface area contributed by atoms with E-state index in [0.29, 0.717) is 12.1 Å². The van der Waals surface area contributed by atoms with Crippen molar-refractivity contribution in [2.75, 3.05) is 22.6 Å². The maximum Gasteiger partial charge on any atom is 0.224 e. The molecule has 0 radical (unpaired) electrons. The van der Waals surface area contributed by atoms with Crippen LogP contribution in [-0.4, -0.2) is 17.4 Å². The number of amides is 1. The lowest BCUT2D eigenvalue weighted by Gasteiger charge is -2.09. The van der Waals surface area contributed by atoms with Crippen LogP contribution in [0.2, 0.25) is 0 Å². The second kappa shape index (κ2) is 8.90. The van der Waals surface area contributed by atoms with E-state index in [1.807, 2.05) is 36.9 Å². The minimum Gasteiger partial charge on any atom is -0.399 e. The van der Waals surface area contributed by atoms with Crippen molar-refractivity contribution >= 4 is 29.0 Å². The summed E-state index contributed by atoms with van der Waals surface area (Å²) in [4.78, 5) is 11.9. The third-order valence-electron chi connectivity index (χ3n) is 3.07. The normalized spacial score (nSPS) is 10.8. The van der Waals surface area contributed by atoms with E-state index in [-0.39, 0.29) is 5.91 Å². The molecule has 3 N–H and O–H groups in total. The fourth-order valence-corrected chi connectivity index (χ4v) is 2.93. The van der Waals surface area contributed by atoms with Gasteiger partial charge in [0, 0.05) is 17.8 Å². The summed E-state index contributed by atoms with van der Waals surface area (Å²) in [5, 5.41) is 2.93. The number of hydrogen-bond acceptors (Lipinski definition) is 3. The number of hydrogen-bond donors (Lipinski definition) is 2. The number of carbonyl (C=O) groups excluding carboxylic acids is 1. The molecule has 1 amide bonds. The maximum atomic E-state index is 11.9. The summed E-state index contributed by atoms with van der Waals surface area (Å²) in [5.74, 6) is 3.07. The summed E-state index contributed by atoms with van der Waals surface area (Å²) in [6.45, 7) is 6.45. The molecule has 0 unspecified atom stereocenters. The highest BCUT2D eigenvalue weighted by Gasteiger charge is 2.05. The Kier molecular flexibility index (Phi) is 7.52. The number of benzene rings is 1. The van der Waals surface area contributed by atoms with Crippen molar-refractivity contribution in [1.82, 2.24) is 0 Å². The van der Waals surface area contributed by atoms with E-state index >= 15 is 0 Å². The van der Waals surface area contributed by atoms with Gasteiger partial charge in [-0.15, -0.1) is 0 Å². The fraction of sp³-hybridized carbons (Fsp3) is 0.562. The van der Waals surface area contributed by atoms with E-state index in [9.17, 15) is 4.79 Å². The lowest BCUT2D eigenvalue weighted by atomic mass is 10.1. The van der Waals surface area contributed by atoms with E-state index < -0.39 is 0 Å². The van der Waals surface area contributed by atoms with Gasteiger partial charge in [0.05, 0.1) is 0 Å². The molecule has 0 spiro atoms. The van der Waals surface area contributed by atoms with Gasteiger partial charge in [0.25, 0.3) is 0 Å². The fourth-order valence-electron chi connectivity index (χ4n) is 1.74. The van der Waals surface area contributed by atoms with E-state index in [1.54, 1.807) is 0 Å². The highest BCUT2D eigenvalue weighted by atomic mass is 32.2. The highest BCUT2D eigenvalue weighted by molar-refractivity contribution is 7.99. The van der Waals surface area contributed by atoms with Gasteiger partial charge in [-0.3, -0.25) is 4.79 Å². The van der Waals surface area contributed by atoms with E-state index in [4.69, 9.17) is 5.73 Å². The van der Waals surface area contributed by atoms with Gasteiger partial charge in [-0.1, -0.05) is 19.9 Å². The van der Waals surface area contributed by atoms with Gasteiger partial charge < -0.3 is 11.1 Å². The number of nitrogens with one attached hydrogen (secondary N) is 1. The van der Waals surface area contributed by atoms with Crippen molar-refractivity contribution in [3.05, 3.63) is 23.8 Å². The van der Waals surface area contributed by atoms with Crippen LogP contribution in [0.1, 0.15) is 38.7 Å². The average Bonchev–Trinajstić information content (AvgIpc) is 2.37. The zero-order valence-corrected chi connectivity index (χ0v) is 13.6. The van der Waals surface area contributed by atoms with Gasteiger partial charge in [0.2, 0.25) is 5.91 Å². The summed E-state index contributed by atoms with van der Waals surface area (Å²) < 4.78 is 0. The molecule has 0 saturated heterocycles. The molecule has 1 aromatic rings. The topological polar surface area (TPSA) is 55.1 Å². The summed E-state index contributed by atoms with van der Waals surface area (Å²) >= 11 is 1.94. The zero-order chi connectivity index (χ0) is 15.0. The molecule has 0 aromatic heterocycles. The highest BCUT2D eigenvalue weighted by Crippen LogP contribution is 2.18. The van der Waals surface area contributed by atoms with Crippen LogP contribution >= 0.6 is 11.8 Å². The molecule has 1 rings (SSSR count). The SMILES string of the molecule is Cc1ccc(N)cc1NC(=O)CCCSCCC(C)C. The van der Waals surface area contributed by atoms with Crippen LogP contribution < -0.4 is 11.1 Å². The molecule has 112 valence electrons. The Balaban J connectivity index is 2.22. The van der Waals surface area contributed by atoms with Crippen LogP contribution in [-0.2, 0) is 4.79 Å². The molecular weight excluding hydrogens is 268 g/mol. The van der Waals surface area contributed by atoms with Crippen molar-refractivity contribution in [1.29, 1.82) is 0 Å². The summed E-state index contributed by atoms with van der Waals surface area (Å²) in [5.41, 5.74) is 8.27. The molecule has 4 heteroatoms. The molecule has 0 saturated carbocycles. The van der Waals surface area contributed by atoms with Crippen LogP contribution in [0.5, 0.6) is 0 Å². The minimum absolute atomic E-state index is 0.0724. The predicted octanol–water partition coefficient (Wildman–Crippen LogP) is 4.08. The predicted molar refractivity (Wildman–Crippen MR) is 90.2 cm³/mol. The monoisotopic (exact) mass is 294 g/mol. The Morgan fingerprint density at radius 2 is 2.10 bits per heavy atom. The third kappa shape index (κ3) is 6.85. The number of anilines is 2. The first-order valence-corrected chi connectivity index (χ1v) is 8.38. The van der Waals surface area contributed by atoms with Gasteiger partial charge in [-0.05, 0) is 54.9 Å². The minimum atomic E-state index is 0.0724. The molecule has 0 aliphatic carbocycles. The van der Waals surface area contributed by atoms with Crippen LogP contribution in [0.15, 0.2) is 18.2 Å². The Bertz CT molecular complexity index is 432. The van der Waals surface area contributed by atoms with Crippen molar-refractivity contribution in [2.24, 2.45) is 5.92 Å². The molecule has 0 atom stereocenters. The lowest BCUT2D eigenvalue weighted by molar-refractivity contribution is -0.116. The molecule has 0 bridgehead atoms. The maximum absolute atomic E-state index is 11.9. The molecule has 1 aromatic carbocycles. The molecule has 0 heterocycles. The van der Waals surface area contributed by atoms with Gasteiger partial charge in [0.1, 0.15) is 0 Å². The average molecular weight is 294 g/mol. The first-order valence-electron chi connectivity index (χ1n) is 7.22. The van der Waals surface area contributed by atoms with E-state index in [2.05, 4.69) is 19.2 Å². The molecule has 0 aliphatic rings. The van der Waals surface area contributed by atoms with Crippen LogP contribution in [0.25, 0.3) is 0 Å². The summed E-state index contributed by atoms with van der Waals surface area (Å²) in [6, 6.07) is 5.58. The summed E-state index contributed by atoms with van der Waals surface area (Å²) in [7, 11) is 0. The second-order valence-corrected chi connectivity index (χ2v) is 6.75. The Morgan fingerprint density at radius 3 is 2.80 bits per heavy atom. The van der Waals surface area contributed by atoms with Crippen molar-refractivity contribution in [3.63, 3.8) is 0 Å². The van der Waals surface area contributed by atoms with Gasteiger partial charge >= 0.3 is 0 Å². The number of rotatable bonds is 8. The first-order chi connectivity index (χ1) is 9.49. The van der Waals surface area contributed by atoms with E-state index in [0.717, 1.165) is 29.3 Å². The standard InChI is InChI=1S/C16H26N2OS/c1-12(2)8-10-20-9-4-5-16(19)18-15-11-14(17)7-6-13(15)3/h6-7,11-12H,4-5,8-10,17H2,1-3H3,(H,18,19). The Hall–Kier alpha value is -1.16. The number of nitrogen functional groups attached to an aromatic ring is 1. The second-order valence-electron chi connectivity index (χ2n) is 5.52. The molecule has 3 nitrogen and oxygen atoms in total. The third-order valence-corrected chi connectivity index (χ3v) is 4.17. The lowest BCUT2D eigenvalue weighted by Crippen LogP contribution is -2.12. The number of carbonyl (C=O) groups is 1. The Labute approximate surface area is 126 Å². The molecule has 0 fully saturated rings. The van der Waals surface area contributed by atoms with Crippen molar-refractivity contribution < 1.29 is 4.79 Å². The number of nitrogens with two attached hydrogens (primary N) is 1. The van der Waals surface area contributed by atoms with Gasteiger partial charge in [0.15, 0.2) is 0 Å². The zero-order valence-electron chi connectivity index (χ0n) is 12.7. The molecular formula is C16H26N2OS. The largest absolute Gasteiger partial charge is 0.399 e. The quantitative estimate of drug-likeness (QED) is 0.561. The van der Waals surface area contributed by atoms with Crippen molar-refractivity contribution in [2.45, 2.75) is 40.0 Å². The molecule has 20 heavy (non-hydrogen) atoms. The molecule has 0 aliphatic heterocycles. The van der Waals surface area contributed by atoms with E-state index in [1.165, 1.54) is 12.2 Å². The van der Waals surface area contributed by atoms with Crippen LogP contribution in [0, 0.1) is 12.8 Å². The van der Waals surface area contributed by atoms with Gasteiger partial charge in [-0.25, -0.2) is 0 Å². The van der Waals surface area contributed by atoms with Crippen LogP contribution in [0.4, 0.5) is 11.4 Å². The Morgan fingerprint density at radius 1 is 1.35 bits per heavy atom. The number of aryl methyl sites for hydroxylation is 1.